The quantitative estimate of drug-likeness (QED) is 0.544. The van der Waals surface area contributed by atoms with Crippen LogP contribution in [-0.4, -0.2) is 25.7 Å². The van der Waals surface area contributed by atoms with Gasteiger partial charge >= 0.3 is 0 Å². The van der Waals surface area contributed by atoms with E-state index in [1.807, 2.05) is 0 Å². The maximum atomic E-state index is 3.58. The van der Waals surface area contributed by atoms with Crippen LogP contribution in [0.1, 0.15) is 52.4 Å². The van der Waals surface area contributed by atoms with E-state index in [0.717, 1.165) is 18.5 Å². The minimum absolute atomic E-state index is 0.883. The van der Waals surface area contributed by atoms with Crippen LogP contribution in [0.15, 0.2) is 0 Å². The molecule has 1 fully saturated rings. The second-order valence-corrected chi connectivity index (χ2v) is 4.97. The Labute approximate surface area is 95.2 Å². The fraction of sp³-hybridized carbons (Fsp3) is 1.00. The zero-order chi connectivity index (χ0) is 10.9. The molecule has 0 aromatic rings. The summed E-state index contributed by atoms with van der Waals surface area (Å²) in [4.78, 5) is 0. The van der Waals surface area contributed by atoms with Crippen molar-refractivity contribution in [2.45, 2.75) is 58.4 Å². The van der Waals surface area contributed by atoms with E-state index in [2.05, 4.69) is 24.5 Å². The van der Waals surface area contributed by atoms with Crippen LogP contribution in [-0.2, 0) is 0 Å². The molecule has 2 N–H and O–H groups in total. The Hall–Kier alpha value is -0.0800. The van der Waals surface area contributed by atoms with Crippen molar-refractivity contribution in [2.75, 3.05) is 19.6 Å². The third-order valence-corrected chi connectivity index (χ3v) is 3.18. The third-order valence-electron chi connectivity index (χ3n) is 3.18. The van der Waals surface area contributed by atoms with Gasteiger partial charge in [0.05, 0.1) is 0 Å². The summed E-state index contributed by atoms with van der Waals surface area (Å²) in [5.74, 6) is 0.907. The first-order valence-electron chi connectivity index (χ1n) is 6.77. The monoisotopic (exact) mass is 212 g/mol. The Bertz CT molecular complexity index is 143. The SMILES string of the molecule is CCNCCCC(C)CCCNC1CC1. The summed E-state index contributed by atoms with van der Waals surface area (Å²) in [6, 6.07) is 0.883. The van der Waals surface area contributed by atoms with Crippen molar-refractivity contribution in [3.63, 3.8) is 0 Å². The molecule has 0 radical (unpaired) electrons. The lowest BCUT2D eigenvalue weighted by atomic mass is 10.00. The molecule has 0 spiro atoms. The van der Waals surface area contributed by atoms with Gasteiger partial charge in [-0.05, 0) is 64.1 Å². The molecule has 0 bridgehead atoms. The topological polar surface area (TPSA) is 24.1 Å². The van der Waals surface area contributed by atoms with Crippen LogP contribution in [0.25, 0.3) is 0 Å². The van der Waals surface area contributed by atoms with Gasteiger partial charge in [0.2, 0.25) is 0 Å². The van der Waals surface area contributed by atoms with Crippen molar-refractivity contribution in [1.29, 1.82) is 0 Å². The number of hydrogen-bond acceptors (Lipinski definition) is 2. The molecule has 1 saturated carbocycles. The van der Waals surface area contributed by atoms with Crippen LogP contribution >= 0.6 is 0 Å². The predicted molar refractivity (Wildman–Crippen MR) is 67.2 cm³/mol. The van der Waals surface area contributed by atoms with E-state index >= 15 is 0 Å². The largest absolute Gasteiger partial charge is 0.317 e. The van der Waals surface area contributed by atoms with E-state index in [-0.39, 0.29) is 0 Å². The molecule has 0 aliphatic heterocycles. The molecule has 0 aromatic carbocycles. The third kappa shape index (κ3) is 7.80. The normalized spacial score (nSPS) is 18.0. The van der Waals surface area contributed by atoms with Crippen molar-refractivity contribution in [3.05, 3.63) is 0 Å². The van der Waals surface area contributed by atoms with Crippen LogP contribution in [0.5, 0.6) is 0 Å². The van der Waals surface area contributed by atoms with Gasteiger partial charge in [-0.25, -0.2) is 0 Å². The number of rotatable bonds is 10. The lowest BCUT2D eigenvalue weighted by Crippen LogP contribution is -2.18. The summed E-state index contributed by atoms with van der Waals surface area (Å²) >= 11 is 0. The minimum Gasteiger partial charge on any atom is -0.317 e. The van der Waals surface area contributed by atoms with Gasteiger partial charge < -0.3 is 10.6 Å². The van der Waals surface area contributed by atoms with Crippen LogP contribution in [0.3, 0.4) is 0 Å². The molecular weight excluding hydrogens is 184 g/mol. The van der Waals surface area contributed by atoms with Gasteiger partial charge in [-0.2, -0.15) is 0 Å². The maximum Gasteiger partial charge on any atom is 0.00682 e. The molecule has 2 nitrogen and oxygen atoms in total. The molecule has 0 aromatic heterocycles. The highest BCUT2D eigenvalue weighted by molar-refractivity contribution is 4.80. The number of nitrogens with one attached hydrogen (secondary N) is 2. The highest BCUT2D eigenvalue weighted by Gasteiger charge is 2.19. The molecular formula is C13H28N2. The van der Waals surface area contributed by atoms with E-state index in [1.165, 1.54) is 51.6 Å². The summed E-state index contributed by atoms with van der Waals surface area (Å²) in [7, 11) is 0. The lowest BCUT2D eigenvalue weighted by molar-refractivity contribution is 0.443. The van der Waals surface area contributed by atoms with Crippen LogP contribution in [0.2, 0.25) is 0 Å². The molecule has 0 amide bonds. The molecule has 1 aliphatic rings. The zero-order valence-corrected chi connectivity index (χ0v) is 10.5. The molecule has 15 heavy (non-hydrogen) atoms. The predicted octanol–water partition coefficient (Wildman–Crippen LogP) is 2.54. The number of hydrogen-bond donors (Lipinski definition) is 2. The highest BCUT2D eigenvalue weighted by atomic mass is 14.9. The molecule has 1 rings (SSSR count). The Morgan fingerprint density at radius 3 is 2.40 bits per heavy atom. The Kier molecular flexibility index (Phi) is 7.03. The van der Waals surface area contributed by atoms with E-state index in [0.29, 0.717) is 0 Å². The summed E-state index contributed by atoms with van der Waals surface area (Å²) in [6.07, 6.45) is 8.31. The zero-order valence-electron chi connectivity index (χ0n) is 10.5. The van der Waals surface area contributed by atoms with Crippen LogP contribution in [0, 0.1) is 5.92 Å². The maximum absolute atomic E-state index is 3.58. The first-order valence-corrected chi connectivity index (χ1v) is 6.77. The van der Waals surface area contributed by atoms with E-state index in [4.69, 9.17) is 0 Å². The molecule has 1 atom stereocenters. The first-order chi connectivity index (χ1) is 7.33. The molecule has 1 unspecified atom stereocenters. The molecule has 90 valence electrons. The Morgan fingerprint density at radius 1 is 1.13 bits per heavy atom. The first kappa shape index (κ1) is 13.0. The van der Waals surface area contributed by atoms with Crippen molar-refractivity contribution >= 4 is 0 Å². The standard InChI is InChI=1S/C13H28N2/c1-3-14-10-4-6-12(2)7-5-11-15-13-8-9-13/h12-15H,3-11H2,1-2H3. The highest BCUT2D eigenvalue weighted by Crippen LogP contribution is 2.19. The summed E-state index contributed by atoms with van der Waals surface area (Å²) in [5.41, 5.74) is 0. The van der Waals surface area contributed by atoms with E-state index in [1.54, 1.807) is 0 Å². The van der Waals surface area contributed by atoms with Crippen molar-refractivity contribution in [3.8, 4) is 0 Å². The van der Waals surface area contributed by atoms with Crippen molar-refractivity contribution in [2.24, 2.45) is 5.92 Å². The summed E-state index contributed by atoms with van der Waals surface area (Å²) < 4.78 is 0. The van der Waals surface area contributed by atoms with Crippen molar-refractivity contribution < 1.29 is 0 Å². The van der Waals surface area contributed by atoms with Gasteiger partial charge in [-0.15, -0.1) is 0 Å². The smallest absolute Gasteiger partial charge is 0.00682 e. The average Bonchev–Trinajstić information content (AvgIpc) is 3.03. The Morgan fingerprint density at radius 2 is 1.80 bits per heavy atom. The van der Waals surface area contributed by atoms with Gasteiger partial charge in [0.25, 0.3) is 0 Å². The summed E-state index contributed by atoms with van der Waals surface area (Å²) in [6.45, 7) is 8.11. The van der Waals surface area contributed by atoms with Gasteiger partial charge in [0.15, 0.2) is 0 Å². The van der Waals surface area contributed by atoms with Gasteiger partial charge in [-0.1, -0.05) is 13.8 Å². The minimum atomic E-state index is 0.883. The summed E-state index contributed by atoms with van der Waals surface area (Å²) in [5, 5.41) is 6.96. The van der Waals surface area contributed by atoms with Gasteiger partial charge in [0, 0.05) is 6.04 Å². The lowest BCUT2D eigenvalue weighted by Gasteiger charge is -2.11. The fourth-order valence-electron chi connectivity index (χ4n) is 1.94. The molecule has 1 aliphatic carbocycles. The van der Waals surface area contributed by atoms with Crippen LogP contribution < -0.4 is 10.6 Å². The molecule has 2 heteroatoms. The second-order valence-electron chi connectivity index (χ2n) is 4.97. The van der Waals surface area contributed by atoms with Crippen LogP contribution in [0.4, 0.5) is 0 Å². The van der Waals surface area contributed by atoms with Gasteiger partial charge in [0.1, 0.15) is 0 Å². The average molecular weight is 212 g/mol. The fourth-order valence-corrected chi connectivity index (χ4v) is 1.94. The van der Waals surface area contributed by atoms with Gasteiger partial charge in [-0.3, -0.25) is 0 Å². The molecule has 0 saturated heterocycles. The second kappa shape index (κ2) is 8.12. The van der Waals surface area contributed by atoms with E-state index in [9.17, 15) is 0 Å². The van der Waals surface area contributed by atoms with E-state index < -0.39 is 0 Å². The van der Waals surface area contributed by atoms with Crippen molar-refractivity contribution in [1.82, 2.24) is 10.6 Å². The molecule has 0 heterocycles. The Balaban J connectivity index is 1.77.